The van der Waals surface area contributed by atoms with E-state index in [2.05, 4.69) is 15.9 Å². The molecule has 0 aliphatic rings. The van der Waals surface area contributed by atoms with Gasteiger partial charge in [0.25, 0.3) is 0 Å². The first kappa shape index (κ1) is 14.8. The minimum Gasteiger partial charge on any atom is -0.497 e. The van der Waals surface area contributed by atoms with Crippen molar-refractivity contribution in [2.24, 2.45) is 5.73 Å². The zero-order valence-electron chi connectivity index (χ0n) is 11.2. The van der Waals surface area contributed by atoms with Crippen LogP contribution in [0.5, 0.6) is 17.2 Å². The molecule has 0 fully saturated rings. The van der Waals surface area contributed by atoms with E-state index in [1.807, 2.05) is 0 Å². The van der Waals surface area contributed by atoms with E-state index in [1.54, 1.807) is 44.4 Å². The summed E-state index contributed by atoms with van der Waals surface area (Å²) in [5.74, 6) is 1.31. The number of halogens is 2. The predicted molar refractivity (Wildman–Crippen MR) is 79.8 cm³/mol. The summed E-state index contributed by atoms with van der Waals surface area (Å²) >= 11 is 3.40. The maximum atomic E-state index is 13.8. The number of hydrogen-bond donors (Lipinski definition) is 1. The first-order chi connectivity index (χ1) is 9.52. The van der Waals surface area contributed by atoms with Crippen molar-refractivity contribution in [3.8, 4) is 17.2 Å². The van der Waals surface area contributed by atoms with Gasteiger partial charge < -0.3 is 15.2 Å². The molecule has 0 aromatic heterocycles. The van der Waals surface area contributed by atoms with Gasteiger partial charge in [-0.05, 0) is 53.2 Å². The van der Waals surface area contributed by atoms with Crippen LogP contribution in [0.4, 0.5) is 4.39 Å². The molecule has 0 bridgehead atoms. The minimum absolute atomic E-state index is 0.357. The lowest BCUT2D eigenvalue weighted by Crippen LogP contribution is -2.09. The van der Waals surface area contributed by atoms with Crippen LogP contribution in [0.2, 0.25) is 0 Å². The molecule has 2 N–H and O–H groups in total. The fourth-order valence-electron chi connectivity index (χ4n) is 1.86. The van der Waals surface area contributed by atoms with E-state index in [1.165, 1.54) is 6.07 Å². The van der Waals surface area contributed by atoms with E-state index < -0.39 is 6.04 Å². The summed E-state index contributed by atoms with van der Waals surface area (Å²) < 4.78 is 25.4. The molecule has 0 heterocycles. The van der Waals surface area contributed by atoms with Gasteiger partial charge in [-0.15, -0.1) is 0 Å². The van der Waals surface area contributed by atoms with E-state index in [-0.39, 0.29) is 5.82 Å². The van der Waals surface area contributed by atoms with Crippen molar-refractivity contribution in [2.45, 2.75) is 13.0 Å². The average Bonchev–Trinajstić information content (AvgIpc) is 2.40. The Morgan fingerprint density at radius 1 is 1.20 bits per heavy atom. The van der Waals surface area contributed by atoms with Gasteiger partial charge in [0.2, 0.25) is 0 Å². The van der Waals surface area contributed by atoms with Crippen LogP contribution in [-0.4, -0.2) is 7.11 Å². The molecule has 0 saturated heterocycles. The Morgan fingerprint density at radius 3 is 2.55 bits per heavy atom. The highest BCUT2D eigenvalue weighted by Crippen LogP contribution is 2.36. The monoisotopic (exact) mass is 339 g/mol. The third-order valence-electron chi connectivity index (χ3n) is 2.83. The Balaban J connectivity index is 2.38. The maximum absolute atomic E-state index is 13.8. The van der Waals surface area contributed by atoms with E-state index in [9.17, 15) is 4.39 Å². The van der Waals surface area contributed by atoms with Crippen LogP contribution in [0, 0.1) is 5.82 Å². The van der Waals surface area contributed by atoms with Gasteiger partial charge in [0, 0.05) is 11.6 Å². The van der Waals surface area contributed by atoms with Crippen molar-refractivity contribution >= 4 is 15.9 Å². The predicted octanol–water partition coefficient (Wildman–Crippen LogP) is 4.41. The SMILES string of the molecule is COc1ccc(Oc2cccc(F)c2[C@@H](C)N)c(Br)c1. The molecule has 20 heavy (non-hydrogen) atoms. The Morgan fingerprint density at radius 2 is 1.95 bits per heavy atom. The van der Waals surface area contributed by atoms with Gasteiger partial charge in [0.15, 0.2) is 0 Å². The maximum Gasteiger partial charge on any atom is 0.141 e. The molecule has 0 radical (unpaired) electrons. The fourth-order valence-corrected chi connectivity index (χ4v) is 2.30. The van der Waals surface area contributed by atoms with Crippen LogP contribution in [0.3, 0.4) is 0 Å². The molecule has 0 spiro atoms. The molecule has 2 aromatic carbocycles. The number of benzene rings is 2. The minimum atomic E-state index is -0.455. The first-order valence-corrected chi connectivity index (χ1v) is 6.87. The molecule has 106 valence electrons. The lowest BCUT2D eigenvalue weighted by molar-refractivity contribution is 0.411. The van der Waals surface area contributed by atoms with Gasteiger partial charge in [-0.1, -0.05) is 6.07 Å². The lowest BCUT2D eigenvalue weighted by Gasteiger charge is -2.15. The van der Waals surface area contributed by atoms with Gasteiger partial charge in [-0.3, -0.25) is 0 Å². The van der Waals surface area contributed by atoms with Gasteiger partial charge in [-0.25, -0.2) is 4.39 Å². The number of hydrogen-bond acceptors (Lipinski definition) is 3. The highest BCUT2D eigenvalue weighted by molar-refractivity contribution is 9.10. The zero-order valence-corrected chi connectivity index (χ0v) is 12.8. The summed E-state index contributed by atoms with van der Waals surface area (Å²) in [5.41, 5.74) is 6.16. The van der Waals surface area contributed by atoms with Crippen molar-refractivity contribution in [3.63, 3.8) is 0 Å². The fraction of sp³-hybridized carbons (Fsp3) is 0.200. The average molecular weight is 340 g/mol. The van der Waals surface area contributed by atoms with Gasteiger partial charge >= 0.3 is 0 Å². The van der Waals surface area contributed by atoms with E-state index in [4.69, 9.17) is 15.2 Å². The van der Waals surface area contributed by atoms with E-state index in [0.717, 1.165) is 4.47 Å². The summed E-state index contributed by atoms with van der Waals surface area (Å²) in [7, 11) is 1.59. The van der Waals surface area contributed by atoms with E-state index >= 15 is 0 Å². The summed E-state index contributed by atoms with van der Waals surface area (Å²) in [4.78, 5) is 0. The number of ether oxygens (including phenoxy) is 2. The van der Waals surface area contributed by atoms with Crippen molar-refractivity contribution in [1.29, 1.82) is 0 Å². The highest BCUT2D eigenvalue weighted by Gasteiger charge is 2.15. The second-order valence-electron chi connectivity index (χ2n) is 4.34. The lowest BCUT2D eigenvalue weighted by atomic mass is 10.1. The van der Waals surface area contributed by atoms with E-state index in [0.29, 0.717) is 22.8 Å². The highest BCUT2D eigenvalue weighted by atomic mass is 79.9. The van der Waals surface area contributed by atoms with Crippen LogP contribution < -0.4 is 15.2 Å². The molecule has 3 nitrogen and oxygen atoms in total. The molecule has 0 unspecified atom stereocenters. The molecule has 0 amide bonds. The third kappa shape index (κ3) is 3.11. The Kier molecular flexibility index (Phi) is 4.62. The topological polar surface area (TPSA) is 44.5 Å². The van der Waals surface area contributed by atoms with Crippen molar-refractivity contribution in [3.05, 3.63) is 52.3 Å². The van der Waals surface area contributed by atoms with Crippen LogP contribution in [-0.2, 0) is 0 Å². The summed E-state index contributed by atoms with van der Waals surface area (Å²) in [5, 5.41) is 0. The van der Waals surface area contributed by atoms with Gasteiger partial charge in [0.1, 0.15) is 23.1 Å². The molecular weight excluding hydrogens is 325 g/mol. The molecule has 1 atom stereocenters. The van der Waals surface area contributed by atoms with Crippen LogP contribution in [0.15, 0.2) is 40.9 Å². The largest absolute Gasteiger partial charge is 0.497 e. The second-order valence-corrected chi connectivity index (χ2v) is 5.19. The smallest absolute Gasteiger partial charge is 0.141 e. The summed E-state index contributed by atoms with van der Waals surface area (Å²) in [6, 6.07) is 9.49. The summed E-state index contributed by atoms with van der Waals surface area (Å²) in [6.45, 7) is 1.72. The van der Waals surface area contributed by atoms with Crippen molar-refractivity contribution in [1.82, 2.24) is 0 Å². The normalized spacial score (nSPS) is 12.1. The van der Waals surface area contributed by atoms with Gasteiger partial charge in [0.05, 0.1) is 11.6 Å². The van der Waals surface area contributed by atoms with Crippen LogP contribution >= 0.6 is 15.9 Å². The molecule has 2 rings (SSSR count). The molecular formula is C15H15BrFNO2. The number of nitrogens with two attached hydrogens (primary N) is 1. The van der Waals surface area contributed by atoms with Crippen LogP contribution in [0.25, 0.3) is 0 Å². The van der Waals surface area contributed by atoms with Crippen molar-refractivity contribution < 1.29 is 13.9 Å². The standard InChI is InChI=1S/C15H15BrFNO2/c1-9(18)15-12(17)4-3-5-14(15)20-13-7-6-10(19-2)8-11(13)16/h3-9H,18H2,1-2H3/t9-/m1/s1. The zero-order chi connectivity index (χ0) is 14.7. The van der Waals surface area contributed by atoms with Crippen LogP contribution in [0.1, 0.15) is 18.5 Å². The third-order valence-corrected chi connectivity index (χ3v) is 3.45. The number of methoxy groups -OCH3 is 1. The number of rotatable bonds is 4. The van der Waals surface area contributed by atoms with Gasteiger partial charge in [-0.2, -0.15) is 0 Å². The Bertz CT molecular complexity index is 617. The molecule has 5 heteroatoms. The quantitative estimate of drug-likeness (QED) is 0.897. The Labute approximate surface area is 125 Å². The Hall–Kier alpha value is -1.59. The molecule has 0 saturated carbocycles. The first-order valence-electron chi connectivity index (χ1n) is 6.08. The molecule has 2 aromatic rings. The summed E-state index contributed by atoms with van der Waals surface area (Å²) in [6.07, 6.45) is 0. The second kappa shape index (κ2) is 6.24. The molecule has 0 aliphatic heterocycles. The molecule has 0 aliphatic carbocycles. The van der Waals surface area contributed by atoms with Crippen molar-refractivity contribution in [2.75, 3.05) is 7.11 Å².